The monoisotopic (exact) mass is 333 g/mol. The largest absolute Gasteiger partial charge is 0.494 e. The predicted molar refractivity (Wildman–Crippen MR) is 96.7 cm³/mol. The third kappa shape index (κ3) is 2.65. The van der Waals surface area contributed by atoms with Crippen LogP contribution in [-0.4, -0.2) is 11.7 Å². The number of pyridine rings is 1. The molecule has 126 valence electrons. The zero-order valence-corrected chi connectivity index (χ0v) is 14.2. The molecule has 4 rings (SSSR count). The average molecular weight is 333 g/mol. The van der Waals surface area contributed by atoms with Crippen LogP contribution in [0.15, 0.2) is 79.0 Å². The Labute approximate surface area is 147 Å². The maximum Gasteiger partial charge on any atom is 0.284 e. The number of hydrogen-bond acceptors (Lipinski definition) is 3. The quantitative estimate of drug-likeness (QED) is 0.744. The molecule has 1 atom stereocenters. The van der Waals surface area contributed by atoms with Crippen molar-refractivity contribution in [3.05, 3.63) is 84.6 Å². The SMILES string of the molecule is CCOc1ccc([C@@]2(O)C[n+]3ccccc3N2c2ccccc2)cc1. The zero-order valence-electron chi connectivity index (χ0n) is 14.2. The first-order chi connectivity index (χ1) is 12.2. The van der Waals surface area contributed by atoms with Crippen LogP contribution in [0, 0.1) is 0 Å². The second-order valence-corrected chi connectivity index (χ2v) is 6.13. The number of benzene rings is 2. The van der Waals surface area contributed by atoms with E-state index in [-0.39, 0.29) is 0 Å². The normalized spacial score (nSPS) is 18.9. The first kappa shape index (κ1) is 15.7. The average Bonchev–Trinajstić information content (AvgIpc) is 2.96. The Morgan fingerprint density at radius 2 is 1.72 bits per heavy atom. The van der Waals surface area contributed by atoms with Gasteiger partial charge in [0.1, 0.15) is 11.4 Å². The molecule has 1 aliphatic rings. The molecule has 0 unspecified atom stereocenters. The number of hydrogen-bond donors (Lipinski definition) is 1. The van der Waals surface area contributed by atoms with Crippen molar-refractivity contribution in [1.82, 2.24) is 0 Å². The fourth-order valence-corrected chi connectivity index (χ4v) is 3.43. The Bertz CT molecular complexity index is 865. The number of aromatic nitrogens is 1. The molecule has 25 heavy (non-hydrogen) atoms. The van der Waals surface area contributed by atoms with E-state index in [1.807, 2.05) is 90.8 Å². The van der Waals surface area contributed by atoms with Crippen LogP contribution in [0.1, 0.15) is 12.5 Å². The lowest BCUT2D eigenvalue weighted by Gasteiger charge is -2.27. The van der Waals surface area contributed by atoms with Crippen molar-refractivity contribution in [3.8, 4) is 5.75 Å². The summed E-state index contributed by atoms with van der Waals surface area (Å²) in [5, 5.41) is 11.7. The smallest absolute Gasteiger partial charge is 0.284 e. The van der Waals surface area contributed by atoms with Crippen molar-refractivity contribution in [2.75, 3.05) is 11.5 Å². The number of fused-ring (bicyclic) bond motifs is 1. The molecule has 2 aromatic carbocycles. The summed E-state index contributed by atoms with van der Waals surface area (Å²) in [7, 11) is 0. The lowest BCUT2D eigenvalue weighted by Crippen LogP contribution is -2.43. The summed E-state index contributed by atoms with van der Waals surface area (Å²) in [4.78, 5) is 1.99. The van der Waals surface area contributed by atoms with E-state index < -0.39 is 5.72 Å². The van der Waals surface area contributed by atoms with Crippen LogP contribution in [0.4, 0.5) is 11.5 Å². The van der Waals surface area contributed by atoms with Gasteiger partial charge in [-0.3, -0.25) is 0 Å². The van der Waals surface area contributed by atoms with Gasteiger partial charge in [0, 0.05) is 11.6 Å². The van der Waals surface area contributed by atoms with E-state index in [0.29, 0.717) is 13.2 Å². The van der Waals surface area contributed by atoms with Crippen LogP contribution in [0.25, 0.3) is 0 Å². The highest BCUT2D eigenvalue weighted by Gasteiger charge is 2.52. The van der Waals surface area contributed by atoms with E-state index in [1.165, 1.54) is 0 Å². The fraction of sp³-hybridized carbons (Fsp3) is 0.190. The molecule has 2 heterocycles. The Morgan fingerprint density at radius 3 is 2.44 bits per heavy atom. The summed E-state index contributed by atoms with van der Waals surface area (Å²) in [6.07, 6.45) is 2.00. The van der Waals surface area contributed by atoms with Crippen LogP contribution >= 0.6 is 0 Å². The van der Waals surface area contributed by atoms with Gasteiger partial charge in [0.2, 0.25) is 0 Å². The molecule has 1 N–H and O–H groups in total. The summed E-state index contributed by atoms with van der Waals surface area (Å²) in [6.45, 7) is 3.05. The maximum absolute atomic E-state index is 11.7. The molecule has 4 heteroatoms. The van der Waals surface area contributed by atoms with Gasteiger partial charge in [-0.1, -0.05) is 24.3 Å². The van der Waals surface area contributed by atoms with Crippen LogP contribution in [0.3, 0.4) is 0 Å². The van der Waals surface area contributed by atoms with Gasteiger partial charge >= 0.3 is 0 Å². The summed E-state index contributed by atoms with van der Waals surface area (Å²) in [5.74, 6) is 1.77. The minimum atomic E-state index is -1.15. The molecule has 1 aromatic heterocycles. The fourth-order valence-electron chi connectivity index (χ4n) is 3.43. The molecule has 0 radical (unpaired) electrons. The number of aliphatic hydroxyl groups is 1. The molecule has 0 fully saturated rings. The van der Waals surface area contributed by atoms with Crippen molar-refractivity contribution >= 4 is 11.5 Å². The van der Waals surface area contributed by atoms with E-state index in [2.05, 4.69) is 4.57 Å². The number of rotatable bonds is 4. The molecule has 0 bridgehead atoms. The molecule has 0 aliphatic carbocycles. The van der Waals surface area contributed by atoms with Gasteiger partial charge in [-0.25, -0.2) is 4.57 Å². The van der Waals surface area contributed by atoms with E-state index in [0.717, 1.165) is 22.8 Å². The van der Waals surface area contributed by atoms with Crippen molar-refractivity contribution in [3.63, 3.8) is 0 Å². The van der Waals surface area contributed by atoms with Crippen molar-refractivity contribution in [2.24, 2.45) is 0 Å². The summed E-state index contributed by atoms with van der Waals surface area (Å²) >= 11 is 0. The van der Waals surface area contributed by atoms with E-state index in [9.17, 15) is 5.11 Å². The third-order valence-corrected chi connectivity index (χ3v) is 4.55. The lowest BCUT2D eigenvalue weighted by atomic mass is 10.0. The van der Waals surface area contributed by atoms with Crippen LogP contribution < -0.4 is 14.2 Å². The van der Waals surface area contributed by atoms with Crippen LogP contribution in [-0.2, 0) is 12.3 Å². The highest BCUT2D eigenvalue weighted by molar-refractivity contribution is 5.62. The summed E-state index contributed by atoms with van der Waals surface area (Å²) in [5.41, 5.74) is 0.639. The van der Waals surface area contributed by atoms with Gasteiger partial charge in [0.25, 0.3) is 11.5 Å². The van der Waals surface area contributed by atoms with Gasteiger partial charge in [-0.05, 0) is 49.4 Å². The van der Waals surface area contributed by atoms with Crippen molar-refractivity contribution in [1.29, 1.82) is 0 Å². The molecular formula is C21H21N2O2+. The lowest BCUT2D eigenvalue weighted by molar-refractivity contribution is -0.683. The van der Waals surface area contributed by atoms with Crippen molar-refractivity contribution < 1.29 is 14.4 Å². The number of anilines is 2. The maximum atomic E-state index is 11.7. The van der Waals surface area contributed by atoms with Gasteiger partial charge in [-0.15, -0.1) is 0 Å². The summed E-state index contributed by atoms with van der Waals surface area (Å²) in [6, 6.07) is 23.7. The van der Waals surface area contributed by atoms with E-state index >= 15 is 0 Å². The Hall–Kier alpha value is -2.85. The molecule has 0 saturated carbocycles. The van der Waals surface area contributed by atoms with Gasteiger partial charge in [0.05, 0.1) is 12.8 Å². The van der Waals surface area contributed by atoms with E-state index in [1.54, 1.807) is 0 Å². The highest BCUT2D eigenvalue weighted by atomic mass is 16.5. The Kier molecular flexibility index (Phi) is 3.90. The Morgan fingerprint density at radius 1 is 1.00 bits per heavy atom. The second kappa shape index (κ2) is 6.22. The third-order valence-electron chi connectivity index (χ3n) is 4.55. The minimum Gasteiger partial charge on any atom is -0.494 e. The highest BCUT2D eigenvalue weighted by Crippen LogP contribution is 2.41. The minimum absolute atomic E-state index is 0.464. The molecule has 4 nitrogen and oxygen atoms in total. The van der Waals surface area contributed by atoms with Gasteiger partial charge in [0.15, 0.2) is 6.54 Å². The molecule has 1 aliphatic heterocycles. The first-order valence-electron chi connectivity index (χ1n) is 8.52. The number of ether oxygens (including phenoxy) is 1. The molecule has 3 aromatic rings. The molecule has 0 amide bonds. The molecular weight excluding hydrogens is 312 g/mol. The topological polar surface area (TPSA) is 36.6 Å². The molecule has 0 saturated heterocycles. The zero-order chi connectivity index (χ0) is 17.3. The molecule has 0 spiro atoms. The predicted octanol–water partition coefficient (Wildman–Crippen LogP) is 3.37. The van der Waals surface area contributed by atoms with Crippen LogP contribution in [0.2, 0.25) is 0 Å². The van der Waals surface area contributed by atoms with E-state index in [4.69, 9.17) is 4.74 Å². The van der Waals surface area contributed by atoms with Gasteiger partial charge < -0.3 is 9.84 Å². The van der Waals surface area contributed by atoms with Crippen LogP contribution in [0.5, 0.6) is 5.75 Å². The number of nitrogens with zero attached hydrogens (tertiary/aromatic N) is 2. The second-order valence-electron chi connectivity index (χ2n) is 6.13. The first-order valence-corrected chi connectivity index (χ1v) is 8.52. The van der Waals surface area contributed by atoms with Gasteiger partial charge in [-0.2, -0.15) is 4.90 Å². The standard InChI is InChI=1S/C21H21N2O2/c1-2-25-19-13-11-17(12-14-19)21(24)16-22-15-7-6-10-20(22)23(21)18-8-4-3-5-9-18/h3-15,24H,2,16H2,1H3/q+1/t21-/m0/s1. The summed E-state index contributed by atoms with van der Waals surface area (Å²) < 4.78 is 7.60. The number of para-hydroxylation sites is 1. The van der Waals surface area contributed by atoms with Crippen molar-refractivity contribution in [2.45, 2.75) is 19.2 Å². The Balaban J connectivity index is 1.82.